The zero-order valence-electron chi connectivity index (χ0n) is 14.7. The quantitative estimate of drug-likeness (QED) is 0.278. The topological polar surface area (TPSA) is 131 Å². The van der Waals surface area contributed by atoms with E-state index in [0.717, 1.165) is 5.39 Å². The maximum absolute atomic E-state index is 12.9. The van der Waals surface area contributed by atoms with Crippen molar-refractivity contribution in [2.45, 2.75) is 12.5 Å². The van der Waals surface area contributed by atoms with E-state index in [4.69, 9.17) is 10.2 Å². The molecule has 1 aliphatic heterocycles. The third-order valence-electron chi connectivity index (χ3n) is 4.17. The van der Waals surface area contributed by atoms with E-state index in [2.05, 4.69) is 13.4 Å². The van der Waals surface area contributed by atoms with Gasteiger partial charge in [0.2, 0.25) is 5.78 Å². The number of primary amides is 1. The number of nitrogens with zero attached hydrogens (tertiary/aromatic N) is 3. The number of amides is 2. The van der Waals surface area contributed by atoms with E-state index >= 15 is 0 Å². The summed E-state index contributed by atoms with van der Waals surface area (Å²) in [6.07, 6.45) is 4.68. The number of halogens is 1. The number of hydrogen-bond acceptors (Lipinski definition) is 8. The number of fused-ring (bicyclic) bond motifs is 1. The van der Waals surface area contributed by atoms with Gasteiger partial charge < -0.3 is 15.5 Å². The van der Waals surface area contributed by atoms with Crippen molar-refractivity contribution in [3.63, 3.8) is 0 Å². The van der Waals surface area contributed by atoms with Crippen LogP contribution in [-0.2, 0) is 20.8 Å². The molecule has 4 heterocycles. The van der Waals surface area contributed by atoms with Gasteiger partial charge in [-0.2, -0.15) is 0 Å². The molecule has 0 bridgehead atoms. The van der Waals surface area contributed by atoms with Gasteiger partial charge in [-0.15, -0.1) is 11.3 Å². The van der Waals surface area contributed by atoms with Crippen molar-refractivity contribution >= 4 is 67.0 Å². The lowest BCUT2D eigenvalue weighted by atomic mass is 10.0. The number of pyridine rings is 1. The number of ketones is 1. The second-order valence-corrected chi connectivity index (χ2v) is 8.72. The zero-order chi connectivity index (χ0) is 20.4. The number of hydrogen-bond donors (Lipinski definition) is 2. The molecule has 0 aromatic carbocycles. The number of carbonyl (C=O) groups excluding carboxylic acids is 3. The van der Waals surface area contributed by atoms with E-state index in [1.807, 2.05) is 16.8 Å². The van der Waals surface area contributed by atoms with Gasteiger partial charge in [0.25, 0.3) is 11.8 Å². The number of furan rings is 1. The largest absolute Gasteiger partial charge is 0.463 e. The second-order valence-electron chi connectivity index (χ2n) is 6.03. The first-order chi connectivity index (χ1) is 14.0. The Kier molecular flexibility index (Phi) is 5.49. The molecule has 148 valence electrons. The lowest BCUT2D eigenvalue weighted by Gasteiger charge is -2.20. The molecular formula is C18H14IN5O4S. The van der Waals surface area contributed by atoms with Gasteiger partial charge in [0, 0.05) is 34.3 Å². The minimum absolute atomic E-state index is 0.0836. The minimum Gasteiger partial charge on any atom is -0.463 e. The second kappa shape index (κ2) is 8.21. The molecule has 3 aromatic rings. The van der Waals surface area contributed by atoms with Crippen LogP contribution in [0.25, 0.3) is 11.0 Å². The molecule has 3 N–H and O–H groups in total. The molecule has 0 spiro atoms. The number of nitrogens with two attached hydrogens (primary N) is 1. The van der Waals surface area contributed by atoms with Crippen LogP contribution in [0.5, 0.6) is 0 Å². The Hall–Kier alpha value is -2.93. The first-order valence-corrected chi connectivity index (χ1v) is 11.2. The highest BCUT2D eigenvalue weighted by molar-refractivity contribution is 14.2. The summed E-state index contributed by atoms with van der Waals surface area (Å²) in [6, 6.07) is 4.23. The van der Waals surface area contributed by atoms with Crippen molar-refractivity contribution < 1.29 is 18.8 Å². The van der Waals surface area contributed by atoms with Crippen molar-refractivity contribution in [1.29, 1.82) is 0 Å². The summed E-state index contributed by atoms with van der Waals surface area (Å²) in [6.45, 7) is 0. The Morgan fingerprint density at radius 3 is 2.93 bits per heavy atom. The molecule has 29 heavy (non-hydrogen) atoms. The number of Topliss-reactive ketones (excluding diaryl/α,β-unsaturated/α-hetero) is 1. The van der Waals surface area contributed by atoms with Crippen LogP contribution in [-0.4, -0.2) is 28.6 Å². The van der Waals surface area contributed by atoms with E-state index in [-0.39, 0.29) is 12.1 Å². The van der Waals surface area contributed by atoms with Crippen LogP contribution >= 0.6 is 32.6 Å². The number of nitrogens with one attached hydrogen (secondary N) is 1. The number of carbonyl (C=O) groups is 3. The van der Waals surface area contributed by atoms with Gasteiger partial charge >= 0.3 is 0 Å². The molecule has 3 aromatic heterocycles. The number of anilines is 1. The van der Waals surface area contributed by atoms with Crippen LogP contribution in [0.3, 0.4) is 0 Å². The van der Waals surface area contributed by atoms with Crippen molar-refractivity contribution in [2.24, 2.45) is 8.88 Å². The van der Waals surface area contributed by atoms with Gasteiger partial charge in [-0.05, 0) is 12.1 Å². The van der Waals surface area contributed by atoms with Gasteiger partial charge in [0.05, 0.1) is 12.5 Å². The van der Waals surface area contributed by atoms with Gasteiger partial charge in [0.15, 0.2) is 0 Å². The van der Waals surface area contributed by atoms with E-state index in [1.165, 1.54) is 23.8 Å². The van der Waals surface area contributed by atoms with Gasteiger partial charge in [-0.1, -0.05) is 6.07 Å². The third kappa shape index (κ3) is 3.96. The average molecular weight is 523 g/mol. The van der Waals surface area contributed by atoms with Crippen LogP contribution in [0.1, 0.15) is 5.56 Å². The molecule has 0 fully saturated rings. The summed E-state index contributed by atoms with van der Waals surface area (Å²) < 4.78 is 11.4. The smallest absolute Gasteiger partial charge is 0.287 e. The zero-order valence-corrected chi connectivity index (χ0v) is 17.7. The molecule has 1 atom stereocenters. The predicted molar refractivity (Wildman–Crippen MR) is 115 cm³/mol. The Morgan fingerprint density at radius 2 is 2.17 bits per heavy atom. The van der Waals surface area contributed by atoms with Crippen molar-refractivity contribution in [1.82, 2.24) is 10.3 Å². The molecule has 4 rings (SSSR count). The molecule has 0 aliphatic carbocycles. The number of rotatable bonds is 7. The Bertz CT molecular complexity index is 1150. The lowest BCUT2D eigenvalue weighted by molar-refractivity contribution is -0.138. The molecule has 0 saturated carbocycles. The summed E-state index contributed by atoms with van der Waals surface area (Å²) >= 11 is 0.621. The van der Waals surface area contributed by atoms with Gasteiger partial charge in [-0.25, -0.2) is 8.13 Å². The van der Waals surface area contributed by atoms with Crippen LogP contribution < -0.4 is 14.2 Å². The summed E-state index contributed by atoms with van der Waals surface area (Å²) in [7, 11) is 0. The standard InChI is InChI=1S/C18H14IN5O4S/c20-17(26)16(25)12(5-10-7-28-14-9-29-8-11(10)14)23-18(27)13-6-22-19-24(13)15-3-1-2-4-21-15/h1-4,6-9,12H,5H2,(H2,20,26)(H,23,27). The summed E-state index contributed by atoms with van der Waals surface area (Å²) in [5.74, 6) is -1.92. The van der Waals surface area contributed by atoms with Crippen LogP contribution in [0.2, 0.25) is 0 Å². The molecule has 1 aliphatic rings. The number of thiophene rings is 1. The first-order valence-electron chi connectivity index (χ1n) is 8.37. The summed E-state index contributed by atoms with van der Waals surface area (Å²) in [5, 5.41) is 7.18. The normalized spacial score (nSPS) is 14.3. The lowest BCUT2D eigenvalue weighted by Crippen LogP contribution is -2.48. The molecule has 2 amide bonds. The highest BCUT2D eigenvalue weighted by atomic mass is 127. The van der Waals surface area contributed by atoms with E-state index < -0.39 is 44.9 Å². The highest BCUT2D eigenvalue weighted by Gasteiger charge is 2.30. The summed E-state index contributed by atoms with van der Waals surface area (Å²) in [4.78, 5) is 41.0. The number of aromatic nitrogens is 1. The van der Waals surface area contributed by atoms with E-state index in [1.54, 1.807) is 21.4 Å². The van der Waals surface area contributed by atoms with Crippen LogP contribution in [0, 0.1) is 0 Å². The molecule has 11 heteroatoms. The van der Waals surface area contributed by atoms with Crippen molar-refractivity contribution in [2.75, 3.05) is 3.11 Å². The Balaban J connectivity index is 1.56. The maximum atomic E-state index is 12.9. The molecule has 1 unspecified atom stereocenters. The molecule has 0 saturated heterocycles. The monoisotopic (exact) mass is 523 g/mol. The average Bonchev–Trinajstić information content (AvgIpc) is 3.45. The minimum atomic E-state index is -1.12. The first kappa shape index (κ1) is 19.4. The van der Waals surface area contributed by atoms with Crippen molar-refractivity contribution in [3.8, 4) is 0 Å². The molecule has 9 nitrogen and oxygen atoms in total. The fourth-order valence-electron chi connectivity index (χ4n) is 2.78. The highest BCUT2D eigenvalue weighted by Crippen LogP contribution is 2.31. The van der Waals surface area contributed by atoms with Crippen LogP contribution in [0.4, 0.5) is 5.82 Å². The predicted octanol–water partition coefficient (Wildman–Crippen LogP) is 2.40. The SMILES string of the molecule is NC(=O)C(=O)C(Cc1coc2cscc12)NC(=O)C1=CN=IN1c1ccccn1. The fraction of sp³-hybridized carbons (Fsp3) is 0.111. The van der Waals surface area contributed by atoms with Gasteiger partial charge in [0.1, 0.15) is 44.4 Å². The third-order valence-corrected chi connectivity index (χ3v) is 6.87. The molecule has 0 radical (unpaired) electrons. The maximum Gasteiger partial charge on any atom is 0.287 e. The van der Waals surface area contributed by atoms with E-state index in [9.17, 15) is 14.4 Å². The van der Waals surface area contributed by atoms with Crippen LogP contribution in [0.15, 0.2) is 60.9 Å². The Morgan fingerprint density at radius 1 is 1.31 bits per heavy atom. The Labute approximate surface area is 179 Å². The fourth-order valence-corrected chi connectivity index (χ4v) is 5.28. The van der Waals surface area contributed by atoms with Gasteiger partial charge in [-0.3, -0.25) is 17.5 Å². The van der Waals surface area contributed by atoms with Crippen molar-refractivity contribution in [3.05, 3.63) is 58.9 Å². The summed E-state index contributed by atoms with van der Waals surface area (Å²) in [5.41, 5.74) is 6.86. The van der Waals surface area contributed by atoms with E-state index in [0.29, 0.717) is 17.0 Å². The molecular weight excluding hydrogens is 509 g/mol.